The summed E-state index contributed by atoms with van der Waals surface area (Å²) in [6.45, 7) is 9.59. The van der Waals surface area contributed by atoms with Gasteiger partial charge in [-0.3, -0.25) is 0 Å². The van der Waals surface area contributed by atoms with Crippen LogP contribution in [0.5, 0.6) is 5.75 Å². The number of ether oxygens (including phenoxy) is 1. The van der Waals surface area contributed by atoms with Crippen molar-refractivity contribution in [1.29, 1.82) is 0 Å². The summed E-state index contributed by atoms with van der Waals surface area (Å²) in [5.74, 6) is 0.972. The van der Waals surface area contributed by atoms with Gasteiger partial charge in [0.15, 0.2) is 0 Å². The smallest absolute Gasteiger partial charge is 0.123 e. The van der Waals surface area contributed by atoms with Crippen LogP contribution in [0, 0.1) is 0 Å². The van der Waals surface area contributed by atoms with Crippen molar-refractivity contribution < 1.29 is 4.74 Å². The standard InChI is InChI=1S/C31H61N5O.5ClH/c1-37-31-20-11-10-19-30(31)29-35-25-18-28-36(27-17-9-5-13-22-33)26-16-8-3-2-6-14-23-34-24-15-7-4-12-21-32;;;;;/h10-11,19-20,34-35H,2-9,12-18,21-29,32-33H2,1H3;5*1H. The molecule has 0 aliphatic rings. The Bertz CT molecular complexity index is 623. The molecule has 6 N–H and O–H groups in total. The first-order chi connectivity index (χ1) is 18.3. The second-order valence-electron chi connectivity index (χ2n) is 10.5. The number of nitrogens with two attached hydrogens (primary N) is 2. The third-order valence-electron chi connectivity index (χ3n) is 7.15. The molecule has 1 aromatic carbocycles. The molecule has 0 aromatic heterocycles. The lowest BCUT2D eigenvalue weighted by atomic mass is 10.1. The summed E-state index contributed by atoms with van der Waals surface area (Å²) >= 11 is 0. The highest BCUT2D eigenvalue weighted by molar-refractivity contribution is 5.86. The van der Waals surface area contributed by atoms with Crippen LogP contribution in [0.2, 0.25) is 0 Å². The Morgan fingerprint density at radius 3 is 1.50 bits per heavy atom. The van der Waals surface area contributed by atoms with Crippen molar-refractivity contribution in [3.05, 3.63) is 29.8 Å². The zero-order valence-electron chi connectivity index (χ0n) is 26.3. The second-order valence-corrected chi connectivity index (χ2v) is 10.5. The maximum atomic E-state index is 5.66. The van der Waals surface area contributed by atoms with Gasteiger partial charge >= 0.3 is 0 Å². The quantitative estimate of drug-likeness (QED) is 0.0675. The molecule has 0 unspecified atom stereocenters. The number of rotatable bonds is 28. The second kappa shape index (κ2) is 41.3. The molecule has 0 saturated heterocycles. The lowest BCUT2D eigenvalue weighted by Crippen LogP contribution is -2.29. The molecule has 0 bridgehead atoms. The Hall–Kier alpha value is 0.270. The number of nitrogens with one attached hydrogen (secondary N) is 2. The zero-order chi connectivity index (χ0) is 26.7. The molecule has 0 heterocycles. The van der Waals surface area contributed by atoms with E-state index in [-0.39, 0.29) is 62.0 Å². The van der Waals surface area contributed by atoms with E-state index in [0.29, 0.717) is 0 Å². The largest absolute Gasteiger partial charge is 0.496 e. The van der Waals surface area contributed by atoms with Gasteiger partial charge in [0.25, 0.3) is 0 Å². The molecule has 0 aliphatic carbocycles. The van der Waals surface area contributed by atoms with Gasteiger partial charge in [-0.15, -0.1) is 62.0 Å². The van der Waals surface area contributed by atoms with E-state index < -0.39 is 0 Å². The van der Waals surface area contributed by atoms with Crippen LogP contribution in [-0.2, 0) is 6.54 Å². The molecule has 1 rings (SSSR count). The fourth-order valence-corrected chi connectivity index (χ4v) is 4.83. The molecule has 0 saturated carbocycles. The molecule has 0 aliphatic heterocycles. The van der Waals surface area contributed by atoms with Crippen molar-refractivity contribution in [2.45, 2.75) is 103 Å². The first kappa shape index (κ1) is 51.8. The Balaban J connectivity index is -0.000000913. The van der Waals surface area contributed by atoms with Crippen LogP contribution in [-0.4, -0.2) is 64.4 Å². The van der Waals surface area contributed by atoms with E-state index in [0.717, 1.165) is 38.3 Å². The fraction of sp³-hybridized carbons (Fsp3) is 0.806. The minimum Gasteiger partial charge on any atom is -0.496 e. The maximum Gasteiger partial charge on any atom is 0.123 e. The topological polar surface area (TPSA) is 88.6 Å². The number of unbranched alkanes of at least 4 members (excludes halogenated alkanes) is 11. The zero-order valence-corrected chi connectivity index (χ0v) is 30.4. The maximum absolute atomic E-state index is 5.66. The summed E-state index contributed by atoms with van der Waals surface area (Å²) in [6, 6.07) is 8.28. The van der Waals surface area contributed by atoms with Gasteiger partial charge in [0, 0.05) is 12.1 Å². The van der Waals surface area contributed by atoms with Crippen molar-refractivity contribution in [2.24, 2.45) is 11.5 Å². The molecule has 0 amide bonds. The van der Waals surface area contributed by atoms with Crippen molar-refractivity contribution in [1.82, 2.24) is 15.5 Å². The summed E-state index contributed by atoms with van der Waals surface area (Å²) in [7, 11) is 1.75. The van der Waals surface area contributed by atoms with Gasteiger partial charge in [0.2, 0.25) is 0 Å². The van der Waals surface area contributed by atoms with Gasteiger partial charge in [-0.2, -0.15) is 0 Å². The molecule has 0 spiro atoms. The number of benzene rings is 1. The summed E-state index contributed by atoms with van der Waals surface area (Å²) in [4.78, 5) is 2.70. The Labute approximate surface area is 290 Å². The number of hydrogen-bond acceptors (Lipinski definition) is 6. The average molecular weight is 702 g/mol. The van der Waals surface area contributed by atoms with E-state index >= 15 is 0 Å². The van der Waals surface area contributed by atoms with E-state index in [2.05, 4.69) is 27.7 Å². The van der Waals surface area contributed by atoms with E-state index in [1.807, 2.05) is 12.1 Å². The number of hydrogen-bond donors (Lipinski definition) is 4. The molecule has 1 aromatic rings. The van der Waals surface area contributed by atoms with Crippen LogP contribution in [0.3, 0.4) is 0 Å². The third kappa shape index (κ3) is 31.7. The van der Waals surface area contributed by atoms with E-state index in [9.17, 15) is 0 Å². The van der Waals surface area contributed by atoms with Crippen LogP contribution < -0.4 is 26.8 Å². The Kier molecular flexibility index (Phi) is 50.9. The molecule has 0 atom stereocenters. The van der Waals surface area contributed by atoms with Gasteiger partial charge < -0.3 is 31.7 Å². The fourth-order valence-electron chi connectivity index (χ4n) is 4.83. The number of para-hydroxylation sites is 1. The van der Waals surface area contributed by atoms with Crippen LogP contribution in [0.15, 0.2) is 24.3 Å². The minimum atomic E-state index is 0. The summed E-state index contributed by atoms with van der Waals surface area (Å²) < 4.78 is 5.47. The minimum absolute atomic E-state index is 0. The predicted octanol–water partition coefficient (Wildman–Crippen LogP) is 7.55. The third-order valence-corrected chi connectivity index (χ3v) is 7.15. The SMILES string of the molecule is COc1ccccc1CNCCCN(CCCCCCN)CCCCCCCCNCCCCCCN.Cl.Cl.Cl.Cl.Cl. The highest BCUT2D eigenvalue weighted by Crippen LogP contribution is 2.16. The van der Waals surface area contributed by atoms with Crippen molar-refractivity contribution in [2.75, 3.05) is 59.5 Å². The Morgan fingerprint density at radius 2 is 0.976 bits per heavy atom. The van der Waals surface area contributed by atoms with Gasteiger partial charge in [-0.05, 0) is 103 Å². The van der Waals surface area contributed by atoms with Gasteiger partial charge in [0.05, 0.1) is 7.11 Å². The summed E-state index contributed by atoms with van der Waals surface area (Å²) in [5.41, 5.74) is 12.4. The van der Waals surface area contributed by atoms with Gasteiger partial charge in [-0.25, -0.2) is 0 Å². The van der Waals surface area contributed by atoms with E-state index in [4.69, 9.17) is 16.2 Å². The Morgan fingerprint density at radius 1 is 0.548 bits per heavy atom. The van der Waals surface area contributed by atoms with Gasteiger partial charge in [0.1, 0.15) is 5.75 Å². The highest BCUT2D eigenvalue weighted by atomic mass is 35.5. The molecule has 11 heteroatoms. The van der Waals surface area contributed by atoms with Crippen molar-refractivity contribution in [3.8, 4) is 5.75 Å². The molecular weight excluding hydrogens is 636 g/mol. The van der Waals surface area contributed by atoms with Crippen LogP contribution in [0.1, 0.15) is 102 Å². The van der Waals surface area contributed by atoms with Crippen LogP contribution >= 0.6 is 62.0 Å². The van der Waals surface area contributed by atoms with Gasteiger partial charge in [-0.1, -0.05) is 69.6 Å². The molecular formula is C31H66Cl5N5O. The lowest BCUT2D eigenvalue weighted by molar-refractivity contribution is 0.256. The number of methoxy groups -OCH3 is 1. The number of halogens is 5. The molecule has 42 heavy (non-hydrogen) atoms. The molecule has 0 fully saturated rings. The molecule has 6 nitrogen and oxygen atoms in total. The van der Waals surface area contributed by atoms with Crippen LogP contribution in [0.4, 0.5) is 0 Å². The predicted molar refractivity (Wildman–Crippen MR) is 198 cm³/mol. The van der Waals surface area contributed by atoms with E-state index in [1.165, 1.54) is 128 Å². The average Bonchev–Trinajstić information content (AvgIpc) is 2.92. The number of nitrogens with zero attached hydrogens (tertiary/aromatic N) is 1. The van der Waals surface area contributed by atoms with Crippen LogP contribution in [0.25, 0.3) is 0 Å². The summed E-state index contributed by atoms with van der Waals surface area (Å²) in [5, 5.41) is 7.20. The highest BCUT2D eigenvalue weighted by Gasteiger charge is 2.06. The van der Waals surface area contributed by atoms with Crippen molar-refractivity contribution in [3.63, 3.8) is 0 Å². The monoisotopic (exact) mass is 699 g/mol. The van der Waals surface area contributed by atoms with E-state index in [1.54, 1.807) is 7.11 Å². The normalized spacial score (nSPS) is 10.1. The summed E-state index contributed by atoms with van der Waals surface area (Å²) in [6.07, 6.45) is 19.4. The first-order valence-electron chi connectivity index (χ1n) is 15.5. The first-order valence-corrected chi connectivity index (χ1v) is 15.5. The lowest BCUT2D eigenvalue weighted by Gasteiger charge is -2.22. The molecule has 0 radical (unpaired) electrons. The molecule has 256 valence electrons. The van der Waals surface area contributed by atoms with Crippen molar-refractivity contribution >= 4 is 62.0 Å².